The topological polar surface area (TPSA) is 52.6 Å². The Balaban J connectivity index is 2.31. The Hall–Kier alpha value is -1.84. The molecule has 0 aliphatic rings. The van der Waals surface area contributed by atoms with Gasteiger partial charge in [0.15, 0.2) is 0 Å². The van der Waals surface area contributed by atoms with E-state index in [4.69, 9.17) is 4.74 Å². The number of rotatable bonds is 18. The van der Waals surface area contributed by atoms with Crippen LogP contribution >= 0.6 is 0 Å². The first kappa shape index (κ1) is 26.2. The lowest BCUT2D eigenvalue weighted by atomic mass is 10.0. The maximum absolute atomic E-state index is 12.5. The van der Waals surface area contributed by atoms with Gasteiger partial charge in [0.1, 0.15) is 6.10 Å². The number of carbonyl (C=O) groups excluding carboxylic acids is 2. The summed E-state index contributed by atoms with van der Waals surface area (Å²) in [6.45, 7) is 2.24. The summed E-state index contributed by atoms with van der Waals surface area (Å²) in [5.74, 6) is -0.334. The summed E-state index contributed by atoms with van der Waals surface area (Å²) in [7, 11) is 1.43. The van der Waals surface area contributed by atoms with E-state index in [1.807, 2.05) is 30.3 Å². The van der Waals surface area contributed by atoms with Crippen LogP contribution in [0.3, 0.4) is 0 Å². The van der Waals surface area contributed by atoms with E-state index >= 15 is 0 Å². The van der Waals surface area contributed by atoms with Crippen molar-refractivity contribution >= 4 is 11.9 Å². The van der Waals surface area contributed by atoms with Crippen LogP contribution in [0, 0.1) is 0 Å². The molecule has 0 saturated heterocycles. The third kappa shape index (κ3) is 13.4. The molecule has 0 fully saturated rings. The van der Waals surface area contributed by atoms with Gasteiger partial charge in [-0.2, -0.15) is 0 Å². The molecule has 4 nitrogen and oxygen atoms in total. The highest BCUT2D eigenvalue weighted by Crippen LogP contribution is 2.18. The highest BCUT2D eigenvalue weighted by Gasteiger charge is 2.15. The van der Waals surface area contributed by atoms with Gasteiger partial charge >= 0.3 is 11.9 Å². The highest BCUT2D eigenvalue weighted by molar-refractivity contribution is 5.89. The molecule has 0 bridgehead atoms. The van der Waals surface area contributed by atoms with Crippen LogP contribution in [0.5, 0.6) is 0 Å². The summed E-state index contributed by atoms with van der Waals surface area (Å²) in [5, 5.41) is 0. The smallest absolute Gasteiger partial charge is 0.338 e. The molecule has 1 rings (SSSR count). The minimum atomic E-state index is -0.207. The summed E-state index contributed by atoms with van der Waals surface area (Å²) in [5.41, 5.74) is 0.630. The number of hydrogen-bond acceptors (Lipinski definition) is 4. The molecule has 0 saturated carbocycles. The van der Waals surface area contributed by atoms with Gasteiger partial charge in [0.2, 0.25) is 0 Å². The van der Waals surface area contributed by atoms with Crippen molar-refractivity contribution in [3.8, 4) is 0 Å². The molecule has 1 aromatic carbocycles. The monoisotopic (exact) mass is 418 g/mol. The van der Waals surface area contributed by atoms with E-state index in [9.17, 15) is 9.59 Å². The highest BCUT2D eigenvalue weighted by atomic mass is 16.5. The van der Waals surface area contributed by atoms with Crippen LogP contribution < -0.4 is 0 Å². The van der Waals surface area contributed by atoms with E-state index in [0.717, 1.165) is 51.4 Å². The van der Waals surface area contributed by atoms with Gasteiger partial charge in [0.25, 0.3) is 0 Å². The number of benzene rings is 1. The van der Waals surface area contributed by atoms with Crippen molar-refractivity contribution in [1.29, 1.82) is 0 Å². The molecule has 1 aromatic rings. The average molecular weight is 419 g/mol. The number of carbonyl (C=O) groups is 2. The van der Waals surface area contributed by atoms with Crippen LogP contribution in [-0.4, -0.2) is 25.2 Å². The summed E-state index contributed by atoms with van der Waals surface area (Å²) >= 11 is 0. The molecule has 0 heterocycles. The molecule has 170 valence electrons. The second-order valence-electron chi connectivity index (χ2n) is 8.19. The molecule has 1 unspecified atom stereocenters. The van der Waals surface area contributed by atoms with Crippen molar-refractivity contribution in [3.05, 3.63) is 35.9 Å². The number of ether oxygens (including phenoxy) is 2. The lowest BCUT2D eigenvalue weighted by Gasteiger charge is -2.18. The second kappa shape index (κ2) is 18.0. The Morgan fingerprint density at radius 1 is 0.767 bits per heavy atom. The third-order valence-electron chi connectivity index (χ3n) is 5.55. The average Bonchev–Trinajstić information content (AvgIpc) is 2.77. The van der Waals surface area contributed by atoms with Crippen LogP contribution in [0.25, 0.3) is 0 Å². The van der Waals surface area contributed by atoms with E-state index in [1.54, 1.807) is 0 Å². The Labute approximate surface area is 183 Å². The summed E-state index contributed by atoms with van der Waals surface area (Å²) in [6, 6.07) is 9.28. The van der Waals surface area contributed by atoms with E-state index < -0.39 is 0 Å². The van der Waals surface area contributed by atoms with Gasteiger partial charge in [0.05, 0.1) is 12.7 Å². The molecule has 0 amide bonds. The molecule has 0 aliphatic carbocycles. The van der Waals surface area contributed by atoms with Crippen molar-refractivity contribution in [2.75, 3.05) is 7.11 Å². The van der Waals surface area contributed by atoms with E-state index in [0.29, 0.717) is 12.0 Å². The second-order valence-corrected chi connectivity index (χ2v) is 8.19. The first-order valence-corrected chi connectivity index (χ1v) is 12.0. The summed E-state index contributed by atoms with van der Waals surface area (Å²) in [4.78, 5) is 23.6. The van der Waals surface area contributed by atoms with Crippen LogP contribution in [0.1, 0.15) is 114 Å². The minimum Gasteiger partial charge on any atom is -0.469 e. The molecule has 1 atom stereocenters. The van der Waals surface area contributed by atoms with Crippen molar-refractivity contribution in [2.24, 2.45) is 0 Å². The van der Waals surface area contributed by atoms with Crippen molar-refractivity contribution in [1.82, 2.24) is 0 Å². The predicted octanol–water partition coefficient (Wildman–Crippen LogP) is 7.26. The minimum absolute atomic E-state index is 0.00316. The van der Waals surface area contributed by atoms with Crippen LogP contribution in [0.4, 0.5) is 0 Å². The Morgan fingerprint density at radius 3 is 1.87 bits per heavy atom. The largest absolute Gasteiger partial charge is 0.469 e. The Bertz CT molecular complexity index is 555. The van der Waals surface area contributed by atoms with Gasteiger partial charge in [-0.15, -0.1) is 0 Å². The van der Waals surface area contributed by atoms with Gasteiger partial charge in [-0.3, -0.25) is 4.79 Å². The normalized spacial score (nSPS) is 11.8. The molecular formula is C26H42O4. The van der Waals surface area contributed by atoms with E-state index in [2.05, 4.69) is 11.7 Å². The lowest BCUT2D eigenvalue weighted by molar-refractivity contribution is -0.140. The van der Waals surface area contributed by atoms with Crippen molar-refractivity contribution in [3.63, 3.8) is 0 Å². The van der Waals surface area contributed by atoms with Gasteiger partial charge in [-0.1, -0.05) is 82.9 Å². The number of methoxy groups -OCH3 is 1. The standard InChI is InChI=1S/C26H42O4/c1-3-4-5-6-7-9-15-20-24(30-26(28)23-18-13-12-14-19-23)21-16-10-8-11-17-22-25(27)29-2/h12-14,18-19,24H,3-11,15-17,20-22H2,1-2H3. The molecule has 0 spiro atoms. The van der Waals surface area contributed by atoms with Crippen LogP contribution in [0.15, 0.2) is 30.3 Å². The summed E-state index contributed by atoms with van der Waals surface area (Å²) in [6.07, 6.45) is 16.5. The molecule has 0 radical (unpaired) electrons. The van der Waals surface area contributed by atoms with Crippen molar-refractivity contribution in [2.45, 2.75) is 109 Å². The van der Waals surface area contributed by atoms with Crippen LogP contribution in [0.2, 0.25) is 0 Å². The molecule has 4 heteroatoms. The SMILES string of the molecule is CCCCCCCCCC(CCCCCCCC(=O)OC)OC(=O)c1ccccc1. The van der Waals surface area contributed by atoms with Gasteiger partial charge in [-0.05, 0) is 44.2 Å². The number of esters is 2. The fourth-order valence-electron chi connectivity index (χ4n) is 3.66. The number of unbranched alkanes of at least 4 members (excludes halogenated alkanes) is 10. The van der Waals surface area contributed by atoms with Gasteiger partial charge < -0.3 is 9.47 Å². The molecule has 0 N–H and O–H groups in total. The van der Waals surface area contributed by atoms with Crippen molar-refractivity contribution < 1.29 is 19.1 Å². The maximum atomic E-state index is 12.5. The zero-order chi connectivity index (χ0) is 21.9. The van der Waals surface area contributed by atoms with Crippen LogP contribution in [-0.2, 0) is 14.3 Å². The quantitative estimate of drug-likeness (QED) is 0.186. The zero-order valence-electron chi connectivity index (χ0n) is 19.2. The zero-order valence-corrected chi connectivity index (χ0v) is 19.2. The molecular weight excluding hydrogens is 376 g/mol. The third-order valence-corrected chi connectivity index (χ3v) is 5.55. The number of hydrogen-bond donors (Lipinski definition) is 0. The first-order chi connectivity index (χ1) is 14.7. The fraction of sp³-hybridized carbons (Fsp3) is 0.692. The molecule has 30 heavy (non-hydrogen) atoms. The summed E-state index contributed by atoms with van der Waals surface area (Å²) < 4.78 is 10.5. The Kier molecular flexibility index (Phi) is 15.7. The van der Waals surface area contributed by atoms with Gasteiger partial charge in [0, 0.05) is 6.42 Å². The van der Waals surface area contributed by atoms with E-state index in [1.165, 1.54) is 45.6 Å². The molecule has 0 aromatic heterocycles. The molecule has 0 aliphatic heterocycles. The lowest BCUT2D eigenvalue weighted by Crippen LogP contribution is -2.18. The van der Waals surface area contributed by atoms with Gasteiger partial charge in [-0.25, -0.2) is 4.79 Å². The first-order valence-electron chi connectivity index (χ1n) is 12.0. The fourth-order valence-corrected chi connectivity index (χ4v) is 3.66. The maximum Gasteiger partial charge on any atom is 0.338 e. The predicted molar refractivity (Wildman–Crippen MR) is 123 cm³/mol. The Morgan fingerprint density at radius 2 is 1.30 bits per heavy atom. The van der Waals surface area contributed by atoms with E-state index in [-0.39, 0.29) is 18.0 Å².